The molecule has 0 radical (unpaired) electrons. The van der Waals surface area contributed by atoms with Crippen LogP contribution in [0.5, 0.6) is 11.5 Å². The highest BCUT2D eigenvalue weighted by molar-refractivity contribution is 6.34. The first-order chi connectivity index (χ1) is 15.9. The van der Waals surface area contributed by atoms with Crippen molar-refractivity contribution < 1.29 is 19.1 Å². The van der Waals surface area contributed by atoms with E-state index in [1.54, 1.807) is 24.3 Å². The van der Waals surface area contributed by atoms with Gasteiger partial charge in [-0.05, 0) is 67.8 Å². The van der Waals surface area contributed by atoms with Gasteiger partial charge >= 0.3 is 0 Å². The highest BCUT2D eigenvalue weighted by atomic mass is 35.5. The van der Waals surface area contributed by atoms with E-state index >= 15 is 0 Å². The van der Waals surface area contributed by atoms with Crippen LogP contribution >= 0.6 is 11.6 Å². The molecule has 0 atom stereocenters. The fourth-order valence-electron chi connectivity index (χ4n) is 3.34. The molecular formula is C27H28ClNO4. The third-order valence-corrected chi connectivity index (χ3v) is 5.19. The number of benzene rings is 3. The van der Waals surface area contributed by atoms with Gasteiger partial charge in [0.15, 0.2) is 0 Å². The molecule has 0 fully saturated rings. The zero-order valence-electron chi connectivity index (χ0n) is 19.1. The molecule has 0 aliphatic carbocycles. The molecule has 0 saturated carbocycles. The standard InChI is InChI=1S/C27H28ClNO4/c1-4-12-32-26-11-8-21(20-7-5-6-19(13-20)17-30)14-22(26)16-29-27(31)24-10-9-23(15-25(24)28)33-18(2)3/h5-11,13-15,17-18H,4,12,16H2,1-3H3,(H,29,31). The minimum atomic E-state index is -0.286. The molecule has 3 aromatic carbocycles. The Morgan fingerprint density at radius 2 is 1.85 bits per heavy atom. The van der Waals surface area contributed by atoms with Crippen molar-refractivity contribution >= 4 is 23.8 Å². The Balaban J connectivity index is 1.82. The summed E-state index contributed by atoms with van der Waals surface area (Å²) in [5, 5.41) is 3.26. The van der Waals surface area contributed by atoms with E-state index in [-0.39, 0.29) is 18.6 Å². The van der Waals surface area contributed by atoms with Crippen LogP contribution in [0.25, 0.3) is 11.1 Å². The fraction of sp³-hybridized carbons (Fsp3) is 0.259. The molecule has 1 amide bonds. The molecule has 0 aliphatic heterocycles. The maximum Gasteiger partial charge on any atom is 0.253 e. The third kappa shape index (κ3) is 6.59. The summed E-state index contributed by atoms with van der Waals surface area (Å²) in [6.07, 6.45) is 1.71. The zero-order chi connectivity index (χ0) is 23.8. The molecule has 0 bridgehead atoms. The number of rotatable bonds is 10. The average Bonchev–Trinajstić information content (AvgIpc) is 2.81. The first kappa shape index (κ1) is 24.3. The number of carbonyl (C=O) groups excluding carboxylic acids is 2. The molecular weight excluding hydrogens is 438 g/mol. The second-order valence-electron chi connectivity index (χ2n) is 7.91. The lowest BCUT2D eigenvalue weighted by Crippen LogP contribution is -2.23. The lowest BCUT2D eigenvalue weighted by Gasteiger charge is -2.15. The van der Waals surface area contributed by atoms with Gasteiger partial charge in [-0.2, -0.15) is 0 Å². The molecule has 33 heavy (non-hydrogen) atoms. The van der Waals surface area contributed by atoms with Crippen LogP contribution in [0.15, 0.2) is 60.7 Å². The van der Waals surface area contributed by atoms with Crippen molar-refractivity contribution in [1.82, 2.24) is 5.32 Å². The maximum absolute atomic E-state index is 12.8. The smallest absolute Gasteiger partial charge is 0.253 e. The Hall–Kier alpha value is -3.31. The molecule has 0 unspecified atom stereocenters. The summed E-state index contributed by atoms with van der Waals surface area (Å²) in [6, 6.07) is 18.2. The summed E-state index contributed by atoms with van der Waals surface area (Å²) in [5.41, 5.74) is 3.66. The molecule has 172 valence electrons. The highest BCUT2D eigenvalue weighted by Crippen LogP contribution is 2.28. The number of ether oxygens (including phenoxy) is 2. The van der Waals surface area contributed by atoms with Crippen molar-refractivity contribution in [3.63, 3.8) is 0 Å². The van der Waals surface area contributed by atoms with Gasteiger partial charge in [0, 0.05) is 17.7 Å². The normalized spacial score (nSPS) is 10.7. The van der Waals surface area contributed by atoms with Gasteiger partial charge in [0.25, 0.3) is 5.91 Å². The van der Waals surface area contributed by atoms with Crippen LogP contribution < -0.4 is 14.8 Å². The minimum Gasteiger partial charge on any atom is -0.493 e. The SMILES string of the molecule is CCCOc1ccc(-c2cccc(C=O)c2)cc1CNC(=O)c1ccc(OC(C)C)cc1Cl. The first-order valence-electron chi connectivity index (χ1n) is 11.0. The Morgan fingerprint density at radius 3 is 2.55 bits per heavy atom. The Labute approximate surface area is 199 Å². The average molecular weight is 466 g/mol. The number of amides is 1. The summed E-state index contributed by atoms with van der Waals surface area (Å²) in [5.74, 6) is 1.04. The topological polar surface area (TPSA) is 64.6 Å². The lowest BCUT2D eigenvalue weighted by atomic mass is 10.0. The molecule has 6 heteroatoms. The van der Waals surface area contributed by atoms with Crippen LogP contribution in [0.1, 0.15) is 53.5 Å². The number of carbonyl (C=O) groups is 2. The van der Waals surface area contributed by atoms with E-state index in [1.165, 1.54) is 0 Å². The maximum atomic E-state index is 12.8. The molecule has 0 spiro atoms. The predicted octanol–water partition coefficient (Wildman–Crippen LogP) is 6.33. The minimum absolute atomic E-state index is 0.0155. The molecule has 3 rings (SSSR count). The van der Waals surface area contributed by atoms with Crippen molar-refractivity contribution in [3.8, 4) is 22.6 Å². The highest BCUT2D eigenvalue weighted by Gasteiger charge is 2.14. The van der Waals surface area contributed by atoms with Gasteiger partial charge in [-0.3, -0.25) is 9.59 Å². The molecule has 0 aliphatic rings. The molecule has 1 N–H and O–H groups in total. The first-order valence-corrected chi connectivity index (χ1v) is 11.3. The lowest BCUT2D eigenvalue weighted by molar-refractivity contribution is 0.0950. The van der Waals surface area contributed by atoms with E-state index in [0.29, 0.717) is 34.3 Å². The van der Waals surface area contributed by atoms with Gasteiger partial charge in [-0.25, -0.2) is 0 Å². The Bertz CT molecular complexity index is 1130. The van der Waals surface area contributed by atoms with Gasteiger partial charge in [0.05, 0.1) is 23.3 Å². The number of hydrogen-bond acceptors (Lipinski definition) is 4. The molecule has 0 saturated heterocycles. The van der Waals surface area contributed by atoms with Crippen molar-refractivity contribution in [3.05, 3.63) is 82.4 Å². The van der Waals surface area contributed by atoms with Gasteiger partial charge < -0.3 is 14.8 Å². The van der Waals surface area contributed by atoms with E-state index in [2.05, 4.69) is 5.32 Å². The van der Waals surface area contributed by atoms with Crippen LogP contribution in [0, 0.1) is 0 Å². The van der Waals surface area contributed by atoms with Gasteiger partial charge in [-0.15, -0.1) is 0 Å². The van der Waals surface area contributed by atoms with Crippen molar-refractivity contribution in [2.45, 2.75) is 39.8 Å². The predicted molar refractivity (Wildman–Crippen MR) is 131 cm³/mol. The van der Waals surface area contributed by atoms with E-state index in [9.17, 15) is 9.59 Å². The number of aldehydes is 1. The van der Waals surface area contributed by atoms with Crippen LogP contribution in [0.3, 0.4) is 0 Å². The van der Waals surface area contributed by atoms with Gasteiger partial charge in [0.2, 0.25) is 0 Å². The van der Waals surface area contributed by atoms with Crippen molar-refractivity contribution in [1.29, 1.82) is 0 Å². The van der Waals surface area contributed by atoms with Crippen molar-refractivity contribution in [2.24, 2.45) is 0 Å². The number of halogens is 1. The molecule has 5 nitrogen and oxygen atoms in total. The largest absolute Gasteiger partial charge is 0.493 e. The Morgan fingerprint density at radius 1 is 1.06 bits per heavy atom. The summed E-state index contributed by atoms with van der Waals surface area (Å²) in [6.45, 7) is 6.73. The second-order valence-corrected chi connectivity index (χ2v) is 8.31. The third-order valence-electron chi connectivity index (χ3n) is 4.87. The van der Waals surface area contributed by atoms with Gasteiger partial charge in [-0.1, -0.05) is 42.8 Å². The summed E-state index contributed by atoms with van der Waals surface area (Å²) < 4.78 is 11.5. The van der Waals surface area contributed by atoms with E-state index in [0.717, 1.165) is 29.4 Å². The number of nitrogens with one attached hydrogen (secondary N) is 1. The molecule has 3 aromatic rings. The quantitative estimate of drug-likeness (QED) is 0.355. The van der Waals surface area contributed by atoms with Crippen LogP contribution in [-0.2, 0) is 6.54 Å². The Kier molecular flexibility index (Phi) is 8.50. The van der Waals surface area contributed by atoms with E-state index < -0.39 is 0 Å². The van der Waals surface area contributed by atoms with Crippen molar-refractivity contribution in [2.75, 3.05) is 6.61 Å². The van der Waals surface area contributed by atoms with Crippen LogP contribution in [-0.4, -0.2) is 24.9 Å². The summed E-state index contributed by atoms with van der Waals surface area (Å²) in [4.78, 5) is 24.0. The van der Waals surface area contributed by atoms with Crippen LogP contribution in [0.4, 0.5) is 0 Å². The van der Waals surface area contributed by atoms with Crippen LogP contribution in [0.2, 0.25) is 5.02 Å². The second kappa shape index (κ2) is 11.5. The summed E-state index contributed by atoms with van der Waals surface area (Å²) in [7, 11) is 0. The number of hydrogen-bond donors (Lipinski definition) is 1. The zero-order valence-corrected chi connectivity index (χ0v) is 19.8. The van der Waals surface area contributed by atoms with Gasteiger partial charge in [0.1, 0.15) is 17.8 Å². The fourth-order valence-corrected chi connectivity index (χ4v) is 3.59. The molecule has 0 heterocycles. The molecule has 0 aromatic heterocycles. The summed E-state index contributed by atoms with van der Waals surface area (Å²) >= 11 is 6.33. The van der Waals surface area contributed by atoms with E-state index in [4.69, 9.17) is 21.1 Å². The van der Waals surface area contributed by atoms with E-state index in [1.807, 2.05) is 57.2 Å². The monoisotopic (exact) mass is 465 g/mol.